The number of rotatable bonds is 8. The van der Waals surface area contributed by atoms with Crippen LogP contribution in [-0.4, -0.2) is 6.21 Å². The average molecular weight is 375 g/mol. The van der Waals surface area contributed by atoms with Crippen molar-refractivity contribution in [2.45, 2.75) is 53.4 Å². The highest BCUT2D eigenvalue weighted by Crippen LogP contribution is 2.33. The van der Waals surface area contributed by atoms with Gasteiger partial charge in [-0.15, -0.1) is 0 Å². The van der Waals surface area contributed by atoms with Gasteiger partial charge in [0.25, 0.3) is 0 Å². The van der Waals surface area contributed by atoms with E-state index in [1.807, 2.05) is 6.92 Å². The highest BCUT2D eigenvalue weighted by atomic mass is 14.9. The highest BCUT2D eigenvalue weighted by molar-refractivity contribution is 5.69. The van der Waals surface area contributed by atoms with Gasteiger partial charge in [-0.05, 0) is 74.0 Å². The van der Waals surface area contributed by atoms with Crippen LogP contribution in [0.3, 0.4) is 0 Å². The van der Waals surface area contributed by atoms with E-state index in [1.54, 1.807) is 6.21 Å². The fraction of sp³-hybridized carbons (Fsp3) is 0.346. The summed E-state index contributed by atoms with van der Waals surface area (Å²) in [6.45, 7) is 16.9. The van der Waals surface area contributed by atoms with Crippen LogP contribution in [0.1, 0.15) is 51.2 Å². The number of allylic oxidation sites excluding steroid dienone is 5. The predicted molar refractivity (Wildman–Crippen MR) is 123 cm³/mol. The second-order valence-electron chi connectivity index (χ2n) is 7.85. The maximum atomic E-state index is 8.03. The largest absolute Gasteiger partial charge is 0.355 e. The molecule has 1 atom stereocenters. The number of benzene rings is 1. The van der Waals surface area contributed by atoms with Crippen LogP contribution in [0.5, 0.6) is 0 Å². The van der Waals surface area contributed by atoms with Crippen LogP contribution in [0.2, 0.25) is 0 Å². The van der Waals surface area contributed by atoms with E-state index in [4.69, 9.17) is 5.41 Å². The number of nitrogens with one attached hydrogen (secondary N) is 2. The molecule has 2 rings (SSSR count). The number of hydrogen-bond acceptors (Lipinski definition) is 2. The summed E-state index contributed by atoms with van der Waals surface area (Å²) in [5.41, 5.74) is 7.57. The lowest BCUT2D eigenvalue weighted by molar-refractivity contribution is 0.502. The Morgan fingerprint density at radius 2 is 1.93 bits per heavy atom. The van der Waals surface area contributed by atoms with Gasteiger partial charge in [0.1, 0.15) is 0 Å². The van der Waals surface area contributed by atoms with Gasteiger partial charge in [0, 0.05) is 23.0 Å². The fourth-order valence-electron chi connectivity index (χ4n) is 3.42. The average Bonchev–Trinajstić information content (AvgIpc) is 2.69. The minimum Gasteiger partial charge on any atom is -0.355 e. The molecule has 0 fully saturated rings. The van der Waals surface area contributed by atoms with Crippen LogP contribution < -0.4 is 5.32 Å². The van der Waals surface area contributed by atoms with Gasteiger partial charge in [-0.3, -0.25) is 0 Å². The van der Waals surface area contributed by atoms with Crippen molar-refractivity contribution in [3.05, 3.63) is 94.9 Å². The van der Waals surface area contributed by atoms with Crippen LogP contribution in [0.25, 0.3) is 0 Å². The zero-order valence-electron chi connectivity index (χ0n) is 17.9. The minimum absolute atomic E-state index is 0.353. The topological polar surface area (TPSA) is 35.9 Å². The lowest BCUT2D eigenvalue weighted by Gasteiger charge is -2.28. The van der Waals surface area contributed by atoms with E-state index in [0.29, 0.717) is 0 Å². The molecule has 1 aromatic rings. The lowest BCUT2D eigenvalue weighted by Crippen LogP contribution is -2.23. The smallest absolute Gasteiger partial charge is 0.0457 e. The Morgan fingerprint density at radius 3 is 2.50 bits per heavy atom. The molecular formula is C26H34N2. The Hall–Kier alpha value is -2.61. The standard InChI is InChI=1S/C26H34N2/c1-7-23-17-24(8-2)25(28-21(23)5)16-20(4)26(6,18-27)15-9-10-22-13-11-19(3)12-14-22/h8,11-14,16-18,27-28H,4-5,7,9-10,15H2,1-3,6H3/b24-8-,25-16+,27-18?. The van der Waals surface area contributed by atoms with Crippen LogP contribution in [-0.2, 0) is 6.42 Å². The summed E-state index contributed by atoms with van der Waals surface area (Å²) in [5.74, 6) is 0. The Labute approximate surface area is 171 Å². The SMILES string of the molecule is C=C1NC(=C/C(=C)C(C)(C=N)CCCc2ccc(C)cc2)/C(=C\C)C=C1CC. The first kappa shape index (κ1) is 21.7. The number of aryl methyl sites for hydroxylation is 2. The van der Waals surface area contributed by atoms with E-state index in [9.17, 15) is 0 Å². The molecule has 0 amide bonds. The van der Waals surface area contributed by atoms with Gasteiger partial charge in [0.05, 0.1) is 0 Å². The van der Waals surface area contributed by atoms with E-state index in [2.05, 4.69) is 81.7 Å². The minimum atomic E-state index is -0.353. The van der Waals surface area contributed by atoms with E-state index < -0.39 is 0 Å². The van der Waals surface area contributed by atoms with Gasteiger partial charge in [0.15, 0.2) is 0 Å². The summed E-state index contributed by atoms with van der Waals surface area (Å²) in [7, 11) is 0. The van der Waals surface area contributed by atoms with Gasteiger partial charge in [-0.25, -0.2) is 0 Å². The molecule has 0 saturated carbocycles. The molecule has 0 spiro atoms. The highest BCUT2D eigenvalue weighted by Gasteiger charge is 2.25. The molecule has 2 N–H and O–H groups in total. The molecule has 1 aromatic carbocycles. The zero-order valence-corrected chi connectivity index (χ0v) is 17.9. The summed E-state index contributed by atoms with van der Waals surface area (Å²) in [4.78, 5) is 0. The zero-order chi connectivity index (χ0) is 20.7. The Morgan fingerprint density at radius 1 is 1.25 bits per heavy atom. The monoisotopic (exact) mass is 374 g/mol. The summed E-state index contributed by atoms with van der Waals surface area (Å²) in [6.07, 6.45) is 11.8. The Balaban J connectivity index is 2.11. The fourth-order valence-corrected chi connectivity index (χ4v) is 3.42. The van der Waals surface area contributed by atoms with E-state index in [-0.39, 0.29) is 5.41 Å². The van der Waals surface area contributed by atoms with Crippen molar-refractivity contribution in [3.8, 4) is 0 Å². The first-order chi connectivity index (χ1) is 13.3. The lowest BCUT2D eigenvalue weighted by atomic mass is 9.78. The van der Waals surface area contributed by atoms with Gasteiger partial charge in [-0.1, -0.05) is 62.9 Å². The first-order valence-corrected chi connectivity index (χ1v) is 10.1. The van der Waals surface area contributed by atoms with E-state index in [0.717, 1.165) is 48.2 Å². The quantitative estimate of drug-likeness (QED) is 0.482. The van der Waals surface area contributed by atoms with E-state index >= 15 is 0 Å². The first-order valence-electron chi connectivity index (χ1n) is 10.1. The van der Waals surface area contributed by atoms with Crippen molar-refractivity contribution in [1.29, 1.82) is 5.41 Å². The molecule has 0 radical (unpaired) electrons. The summed E-state index contributed by atoms with van der Waals surface area (Å²) in [5, 5.41) is 11.5. The van der Waals surface area contributed by atoms with E-state index in [1.165, 1.54) is 16.7 Å². The molecule has 2 heteroatoms. The van der Waals surface area contributed by atoms with Crippen molar-refractivity contribution in [2.24, 2.45) is 5.41 Å². The van der Waals surface area contributed by atoms with Gasteiger partial charge < -0.3 is 10.7 Å². The van der Waals surface area contributed by atoms with Gasteiger partial charge in [-0.2, -0.15) is 0 Å². The summed E-state index contributed by atoms with van der Waals surface area (Å²) < 4.78 is 0. The van der Waals surface area contributed by atoms with Gasteiger partial charge in [0.2, 0.25) is 0 Å². The molecule has 1 aliphatic heterocycles. The summed E-state index contributed by atoms with van der Waals surface area (Å²) in [6, 6.07) is 8.71. The molecule has 0 aliphatic carbocycles. The molecule has 1 aliphatic rings. The van der Waals surface area contributed by atoms with Gasteiger partial charge >= 0.3 is 0 Å². The van der Waals surface area contributed by atoms with Crippen LogP contribution in [0.15, 0.2) is 83.8 Å². The van der Waals surface area contributed by atoms with Crippen molar-refractivity contribution < 1.29 is 0 Å². The number of hydrogen-bond donors (Lipinski definition) is 2. The normalized spacial score (nSPS) is 19.1. The molecule has 1 unspecified atom stereocenters. The third-order valence-corrected chi connectivity index (χ3v) is 5.66. The van der Waals surface area contributed by atoms with Crippen molar-refractivity contribution in [1.82, 2.24) is 5.32 Å². The van der Waals surface area contributed by atoms with Crippen LogP contribution in [0, 0.1) is 17.7 Å². The van der Waals surface area contributed by atoms with Crippen molar-refractivity contribution in [2.75, 3.05) is 0 Å². The maximum absolute atomic E-state index is 8.03. The molecule has 0 saturated heterocycles. The third-order valence-electron chi connectivity index (χ3n) is 5.66. The molecular weight excluding hydrogens is 340 g/mol. The second kappa shape index (κ2) is 9.54. The summed E-state index contributed by atoms with van der Waals surface area (Å²) >= 11 is 0. The van der Waals surface area contributed by atoms with Crippen molar-refractivity contribution in [3.63, 3.8) is 0 Å². The molecule has 2 nitrogen and oxygen atoms in total. The molecule has 28 heavy (non-hydrogen) atoms. The van der Waals surface area contributed by atoms with Crippen LogP contribution >= 0.6 is 0 Å². The predicted octanol–water partition coefficient (Wildman–Crippen LogP) is 6.81. The Kier molecular flexibility index (Phi) is 7.39. The molecule has 148 valence electrons. The molecule has 0 aromatic heterocycles. The molecule has 1 heterocycles. The van der Waals surface area contributed by atoms with Crippen molar-refractivity contribution >= 4 is 6.21 Å². The van der Waals surface area contributed by atoms with Crippen LogP contribution in [0.4, 0.5) is 0 Å². The second-order valence-corrected chi connectivity index (χ2v) is 7.85. The molecule has 0 bridgehead atoms. The Bertz CT molecular complexity index is 834. The third kappa shape index (κ3) is 5.22. The maximum Gasteiger partial charge on any atom is 0.0457 e.